The fourth-order valence-electron chi connectivity index (χ4n) is 0.808. The van der Waals surface area contributed by atoms with Gasteiger partial charge in [-0.15, -0.1) is 5.73 Å². The van der Waals surface area contributed by atoms with Crippen molar-refractivity contribution in [2.45, 2.75) is 25.0 Å². The maximum Gasteiger partial charge on any atom is 0.256 e. The van der Waals surface area contributed by atoms with Crippen molar-refractivity contribution in [2.24, 2.45) is 0 Å². The number of oxazole rings is 1. The minimum atomic E-state index is 0.717. The summed E-state index contributed by atoms with van der Waals surface area (Å²) in [6.45, 7) is 5.63. The first-order chi connectivity index (χ1) is 6.36. The second-order valence-corrected chi connectivity index (χ2v) is 3.63. The van der Waals surface area contributed by atoms with E-state index in [-0.39, 0.29) is 0 Å². The lowest BCUT2D eigenvalue weighted by atomic mass is 10.4. The maximum absolute atomic E-state index is 5.36. The first-order valence-corrected chi connectivity index (χ1v) is 5.30. The molecule has 0 amide bonds. The molecule has 0 saturated carbocycles. The van der Waals surface area contributed by atoms with Crippen LogP contribution in [0.1, 0.15) is 25.5 Å². The standard InChI is InChI=1S/C10H13NOS/c1-3-5-7-13-10-11-8-9(12-10)6-4-2/h6,8H,2-3,5,7H2,1H3. The van der Waals surface area contributed by atoms with Gasteiger partial charge < -0.3 is 4.42 Å². The molecular weight excluding hydrogens is 182 g/mol. The third-order valence-electron chi connectivity index (χ3n) is 1.47. The van der Waals surface area contributed by atoms with Crippen LogP contribution < -0.4 is 0 Å². The lowest BCUT2D eigenvalue weighted by Gasteiger charge is -1.92. The molecule has 70 valence electrons. The van der Waals surface area contributed by atoms with Gasteiger partial charge >= 0.3 is 0 Å². The zero-order valence-corrected chi connectivity index (χ0v) is 8.56. The second-order valence-electron chi connectivity index (χ2n) is 2.58. The lowest BCUT2D eigenvalue weighted by Crippen LogP contribution is -1.76. The third kappa shape index (κ3) is 3.53. The molecule has 0 N–H and O–H groups in total. The van der Waals surface area contributed by atoms with E-state index in [1.165, 1.54) is 12.8 Å². The van der Waals surface area contributed by atoms with Gasteiger partial charge in [-0.3, -0.25) is 0 Å². The molecule has 1 aromatic rings. The Hall–Kier alpha value is -0.920. The highest BCUT2D eigenvalue weighted by Gasteiger charge is 2.00. The first kappa shape index (κ1) is 10.2. The highest BCUT2D eigenvalue weighted by Crippen LogP contribution is 2.19. The maximum atomic E-state index is 5.36. The molecular formula is C10H13NOS. The SMILES string of the molecule is C=C=Cc1cnc(SCCCC)o1. The van der Waals surface area contributed by atoms with Gasteiger partial charge in [0.25, 0.3) is 5.22 Å². The van der Waals surface area contributed by atoms with Crippen LogP contribution in [0.5, 0.6) is 0 Å². The van der Waals surface area contributed by atoms with E-state index in [0.29, 0.717) is 5.76 Å². The summed E-state index contributed by atoms with van der Waals surface area (Å²) in [5.41, 5.74) is 2.65. The van der Waals surface area contributed by atoms with Crippen LogP contribution in [0.2, 0.25) is 0 Å². The molecule has 0 radical (unpaired) electrons. The molecule has 0 saturated heterocycles. The summed E-state index contributed by atoms with van der Waals surface area (Å²) in [5.74, 6) is 1.78. The van der Waals surface area contributed by atoms with Crippen molar-refractivity contribution in [1.82, 2.24) is 4.98 Å². The van der Waals surface area contributed by atoms with Crippen LogP contribution in [0.15, 0.2) is 28.1 Å². The predicted octanol–water partition coefficient (Wildman–Crippen LogP) is 3.36. The van der Waals surface area contributed by atoms with Crippen molar-refractivity contribution in [2.75, 3.05) is 5.75 Å². The van der Waals surface area contributed by atoms with Crippen molar-refractivity contribution in [3.63, 3.8) is 0 Å². The molecule has 1 rings (SSSR count). The largest absolute Gasteiger partial charge is 0.431 e. The molecule has 3 heteroatoms. The van der Waals surface area contributed by atoms with E-state index in [4.69, 9.17) is 4.42 Å². The van der Waals surface area contributed by atoms with Gasteiger partial charge in [-0.1, -0.05) is 31.7 Å². The van der Waals surface area contributed by atoms with Gasteiger partial charge in [0.05, 0.1) is 6.20 Å². The molecule has 0 aliphatic carbocycles. The first-order valence-electron chi connectivity index (χ1n) is 4.31. The molecule has 0 fully saturated rings. The van der Waals surface area contributed by atoms with Crippen LogP contribution in [0.25, 0.3) is 6.08 Å². The minimum Gasteiger partial charge on any atom is -0.431 e. The Kier molecular flexibility index (Phi) is 4.44. The Morgan fingerprint density at radius 2 is 2.62 bits per heavy atom. The van der Waals surface area contributed by atoms with E-state index in [0.717, 1.165) is 11.0 Å². The van der Waals surface area contributed by atoms with E-state index in [1.54, 1.807) is 24.0 Å². The summed E-state index contributed by atoms with van der Waals surface area (Å²) >= 11 is 1.65. The van der Waals surface area contributed by atoms with Gasteiger partial charge in [0.15, 0.2) is 5.76 Å². The average molecular weight is 195 g/mol. The zero-order chi connectivity index (χ0) is 9.52. The number of thioether (sulfide) groups is 1. The van der Waals surface area contributed by atoms with Crippen molar-refractivity contribution < 1.29 is 4.42 Å². The van der Waals surface area contributed by atoms with Gasteiger partial charge in [0.2, 0.25) is 0 Å². The monoisotopic (exact) mass is 195 g/mol. The number of aromatic nitrogens is 1. The summed E-state index contributed by atoms with van der Waals surface area (Å²) in [6, 6.07) is 0. The zero-order valence-electron chi connectivity index (χ0n) is 7.75. The molecule has 0 aliphatic rings. The molecule has 2 nitrogen and oxygen atoms in total. The predicted molar refractivity (Wildman–Crippen MR) is 55.7 cm³/mol. The fourth-order valence-corrected chi connectivity index (χ4v) is 1.70. The van der Waals surface area contributed by atoms with Crippen LogP contribution in [0.3, 0.4) is 0 Å². The van der Waals surface area contributed by atoms with E-state index < -0.39 is 0 Å². The van der Waals surface area contributed by atoms with E-state index in [2.05, 4.69) is 24.2 Å². The number of hydrogen-bond donors (Lipinski definition) is 0. The summed E-state index contributed by atoms with van der Waals surface area (Å²) in [7, 11) is 0. The average Bonchev–Trinajstić information content (AvgIpc) is 2.54. The lowest BCUT2D eigenvalue weighted by molar-refractivity contribution is 0.447. The summed E-state index contributed by atoms with van der Waals surface area (Å²) in [4.78, 5) is 4.10. The molecule has 0 aliphatic heterocycles. The Labute approximate surface area is 82.7 Å². The van der Waals surface area contributed by atoms with E-state index in [1.807, 2.05) is 0 Å². The smallest absolute Gasteiger partial charge is 0.256 e. The molecule has 13 heavy (non-hydrogen) atoms. The molecule has 0 unspecified atom stereocenters. The fraction of sp³-hybridized carbons (Fsp3) is 0.400. The molecule has 0 atom stereocenters. The number of rotatable bonds is 5. The van der Waals surface area contributed by atoms with Gasteiger partial charge in [0.1, 0.15) is 0 Å². The van der Waals surface area contributed by atoms with Gasteiger partial charge in [-0.2, -0.15) is 0 Å². The summed E-state index contributed by atoms with van der Waals surface area (Å²) in [6.07, 6.45) is 5.76. The highest BCUT2D eigenvalue weighted by molar-refractivity contribution is 7.99. The van der Waals surface area contributed by atoms with Crippen LogP contribution in [0, 0.1) is 0 Å². The Morgan fingerprint density at radius 1 is 1.77 bits per heavy atom. The molecule has 0 aromatic carbocycles. The molecule has 0 bridgehead atoms. The number of unbranched alkanes of at least 4 members (excludes halogenated alkanes) is 1. The summed E-state index contributed by atoms with van der Waals surface area (Å²) in [5, 5.41) is 0.731. The van der Waals surface area contributed by atoms with Crippen molar-refractivity contribution in [1.29, 1.82) is 0 Å². The van der Waals surface area contributed by atoms with E-state index >= 15 is 0 Å². The van der Waals surface area contributed by atoms with E-state index in [9.17, 15) is 0 Å². The Bertz CT molecular complexity index is 300. The van der Waals surface area contributed by atoms with Crippen molar-refractivity contribution >= 4 is 17.8 Å². The number of nitrogens with zero attached hydrogens (tertiary/aromatic N) is 1. The molecule has 1 heterocycles. The quantitative estimate of drug-likeness (QED) is 0.409. The van der Waals surface area contributed by atoms with Gasteiger partial charge in [-0.25, -0.2) is 4.98 Å². The van der Waals surface area contributed by atoms with Crippen LogP contribution in [-0.2, 0) is 0 Å². The van der Waals surface area contributed by atoms with Crippen molar-refractivity contribution in [3.05, 3.63) is 24.3 Å². The Balaban J connectivity index is 2.44. The third-order valence-corrected chi connectivity index (χ3v) is 2.40. The van der Waals surface area contributed by atoms with Crippen LogP contribution in [-0.4, -0.2) is 10.7 Å². The van der Waals surface area contributed by atoms with Crippen LogP contribution >= 0.6 is 11.8 Å². The van der Waals surface area contributed by atoms with Gasteiger partial charge in [-0.05, 0) is 6.42 Å². The molecule has 1 aromatic heterocycles. The number of hydrogen-bond acceptors (Lipinski definition) is 3. The highest BCUT2D eigenvalue weighted by atomic mass is 32.2. The molecule has 0 spiro atoms. The summed E-state index contributed by atoms with van der Waals surface area (Å²) < 4.78 is 5.36. The van der Waals surface area contributed by atoms with Crippen molar-refractivity contribution in [3.8, 4) is 0 Å². The van der Waals surface area contributed by atoms with Crippen LogP contribution in [0.4, 0.5) is 0 Å². The normalized spacial score (nSPS) is 9.62. The minimum absolute atomic E-state index is 0.717. The topological polar surface area (TPSA) is 26.0 Å². The van der Waals surface area contributed by atoms with Gasteiger partial charge in [0, 0.05) is 11.8 Å². The Morgan fingerprint density at radius 3 is 3.31 bits per heavy atom. The second kappa shape index (κ2) is 5.68.